The third kappa shape index (κ3) is 2.63. The highest BCUT2D eigenvalue weighted by molar-refractivity contribution is 6.33. The van der Waals surface area contributed by atoms with Crippen LogP contribution in [0.3, 0.4) is 0 Å². The molecule has 0 spiro atoms. The number of carbonyl (C=O) groups excluding carboxylic acids is 1. The lowest BCUT2D eigenvalue weighted by molar-refractivity contribution is -0.121. The summed E-state index contributed by atoms with van der Waals surface area (Å²) >= 11 is 0. The highest BCUT2D eigenvalue weighted by Crippen LogP contribution is 2.53. The maximum Gasteiger partial charge on any atom is 0.170 e. The van der Waals surface area contributed by atoms with Gasteiger partial charge in [0.1, 0.15) is 11.4 Å². The fraction of sp³-hybridized carbons (Fsp3) is 0.125. The molecule has 1 N–H and O–H groups in total. The predicted octanol–water partition coefficient (Wildman–Crippen LogP) is 4.84. The van der Waals surface area contributed by atoms with Crippen LogP contribution in [0, 0.1) is 11.7 Å². The first kappa shape index (κ1) is 17.4. The predicted molar refractivity (Wildman–Crippen MR) is 104 cm³/mol. The molecule has 0 radical (unpaired) electrons. The summed E-state index contributed by atoms with van der Waals surface area (Å²) in [6.07, 6.45) is 0. The topological polar surface area (TPSA) is 37.3 Å². The largest absolute Gasteiger partial charge is 0.379 e. The molecule has 0 aliphatic heterocycles. The molecule has 2 unspecified atom stereocenters. The summed E-state index contributed by atoms with van der Waals surface area (Å²) in [6.45, 7) is 1.66. The molecule has 2 atom stereocenters. The second-order valence-electron chi connectivity index (χ2n) is 6.81. The first-order valence-corrected chi connectivity index (χ1v) is 8.92. The van der Waals surface area contributed by atoms with Crippen LogP contribution < -0.4 is 0 Å². The van der Waals surface area contributed by atoms with Crippen molar-refractivity contribution in [2.24, 2.45) is 5.92 Å². The van der Waals surface area contributed by atoms with Gasteiger partial charge in [-0.25, -0.2) is 4.39 Å². The monoisotopic (exact) mass is 358 g/mol. The van der Waals surface area contributed by atoms with Crippen LogP contribution in [0.25, 0.3) is 11.1 Å². The molecule has 0 aromatic heterocycles. The van der Waals surface area contributed by atoms with Crippen LogP contribution in [0.15, 0.2) is 84.9 Å². The van der Waals surface area contributed by atoms with Crippen molar-refractivity contribution in [3.8, 4) is 0 Å². The summed E-state index contributed by atoms with van der Waals surface area (Å²) in [4.78, 5) is 13.2. The molecule has 1 aliphatic carbocycles. The maximum absolute atomic E-state index is 14.7. The molecule has 27 heavy (non-hydrogen) atoms. The molecule has 0 saturated heterocycles. The number of rotatable bonds is 3. The van der Waals surface area contributed by atoms with Crippen molar-refractivity contribution in [3.05, 3.63) is 107 Å². The zero-order valence-electron chi connectivity index (χ0n) is 14.9. The van der Waals surface area contributed by atoms with E-state index in [1.165, 1.54) is 6.07 Å². The van der Waals surface area contributed by atoms with Crippen LogP contribution in [-0.2, 0) is 10.4 Å². The minimum absolute atomic E-state index is 0.121. The smallest absolute Gasteiger partial charge is 0.170 e. The molecule has 3 heteroatoms. The number of hydrogen-bond acceptors (Lipinski definition) is 2. The van der Waals surface area contributed by atoms with Gasteiger partial charge in [0, 0.05) is 16.7 Å². The molecular formula is C24H19FO2. The van der Waals surface area contributed by atoms with Gasteiger partial charge in [0.15, 0.2) is 5.78 Å². The average molecular weight is 358 g/mol. The lowest BCUT2D eigenvalue weighted by Gasteiger charge is -2.31. The first-order valence-electron chi connectivity index (χ1n) is 8.92. The molecule has 4 rings (SSSR count). The molecule has 0 fully saturated rings. The Morgan fingerprint density at radius 1 is 0.815 bits per heavy atom. The minimum Gasteiger partial charge on any atom is -0.379 e. The van der Waals surface area contributed by atoms with Crippen molar-refractivity contribution < 1.29 is 14.3 Å². The molecule has 3 aromatic carbocycles. The lowest BCUT2D eigenvalue weighted by atomic mass is 9.77. The van der Waals surface area contributed by atoms with Crippen LogP contribution in [0.5, 0.6) is 0 Å². The zero-order chi connectivity index (χ0) is 19.0. The van der Waals surface area contributed by atoms with Gasteiger partial charge in [-0.2, -0.15) is 0 Å². The molecule has 134 valence electrons. The van der Waals surface area contributed by atoms with Crippen LogP contribution in [0.1, 0.15) is 23.6 Å². The molecule has 1 aliphatic rings. The van der Waals surface area contributed by atoms with E-state index in [4.69, 9.17) is 0 Å². The van der Waals surface area contributed by atoms with E-state index in [1.807, 2.05) is 60.7 Å². The summed E-state index contributed by atoms with van der Waals surface area (Å²) in [5.41, 5.74) is 0.711. The maximum atomic E-state index is 14.7. The van der Waals surface area contributed by atoms with Crippen LogP contribution in [-0.4, -0.2) is 10.9 Å². The molecule has 0 bridgehead atoms. The van der Waals surface area contributed by atoms with Gasteiger partial charge in [-0.3, -0.25) is 4.79 Å². The van der Waals surface area contributed by atoms with E-state index in [-0.39, 0.29) is 11.3 Å². The Balaban J connectivity index is 2.08. The average Bonchev–Trinajstić information content (AvgIpc) is 2.91. The van der Waals surface area contributed by atoms with Gasteiger partial charge in [0.05, 0.1) is 5.92 Å². The van der Waals surface area contributed by atoms with Gasteiger partial charge < -0.3 is 5.11 Å². The van der Waals surface area contributed by atoms with Gasteiger partial charge in [-0.15, -0.1) is 0 Å². The second kappa shape index (κ2) is 6.60. The Labute approximate surface area is 157 Å². The highest BCUT2D eigenvalue weighted by atomic mass is 19.1. The van der Waals surface area contributed by atoms with Crippen LogP contribution in [0.4, 0.5) is 4.39 Å². The van der Waals surface area contributed by atoms with E-state index in [0.29, 0.717) is 16.7 Å². The Kier molecular flexibility index (Phi) is 4.25. The van der Waals surface area contributed by atoms with Crippen molar-refractivity contribution >= 4 is 16.9 Å². The lowest BCUT2D eigenvalue weighted by Crippen LogP contribution is -2.34. The van der Waals surface area contributed by atoms with Crippen LogP contribution in [0.2, 0.25) is 0 Å². The number of Topliss-reactive ketones (excluding diaryl/α,β-unsaturated/α-hetero) is 1. The van der Waals surface area contributed by atoms with Crippen molar-refractivity contribution in [1.29, 1.82) is 0 Å². The van der Waals surface area contributed by atoms with Crippen LogP contribution >= 0.6 is 0 Å². The van der Waals surface area contributed by atoms with E-state index in [9.17, 15) is 14.3 Å². The Morgan fingerprint density at radius 2 is 1.33 bits per heavy atom. The van der Waals surface area contributed by atoms with E-state index in [2.05, 4.69) is 0 Å². The summed E-state index contributed by atoms with van der Waals surface area (Å²) in [7, 11) is 0. The third-order valence-corrected chi connectivity index (χ3v) is 5.31. The third-order valence-electron chi connectivity index (χ3n) is 5.31. The Morgan fingerprint density at radius 3 is 1.93 bits per heavy atom. The number of aliphatic hydroxyl groups is 1. The Bertz CT molecular complexity index is 1020. The van der Waals surface area contributed by atoms with Gasteiger partial charge in [-0.1, -0.05) is 85.8 Å². The zero-order valence-corrected chi connectivity index (χ0v) is 14.9. The Hall–Kier alpha value is -3.04. The summed E-state index contributed by atoms with van der Waals surface area (Å²) < 4.78 is 14.7. The SMILES string of the molecule is CC1C(=O)C(c2ccccc2)=C(c2ccccc2)C1(O)c1ccccc1F. The number of hydrogen-bond donors (Lipinski definition) is 1. The molecule has 3 aromatic rings. The summed E-state index contributed by atoms with van der Waals surface area (Å²) in [6, 6.07) is 24.6. The van der Waals surface area contributed by atoms with Crippen molar-refractivity contribution in [2.45, 2.75) is 12.5 Å². The van der Waals surface area contributed by atoms with Gasteiger partial charge in [0.2, 0.25) is 0 Å². The fourth-order valence-corrected chi connectivity index (χ4v) is 3.94. The molecule has 0 amide bonds. The highest BCUT2D eigenvalue weighted by Gasteiger charge is 2.53. The first-order chi connectivity index (χ1) is 13.0. The van der Waals surface area contributed by atoms with E-state index < -0.39 is 17.3 Å². The molecule has 0 saturated carbocycles. The van der Waals surface area contributed by atoms with Crippen molar-refractivity contribution in [2.75, 3.05) is 0 Å². The summed E-state index contributed by atoms with van der Waals surface area (Å²) in [5.74, 6) is -1.52. The van der Waals surface area contributed by atoms with Crippen molar-refractivity contribution in [1.82, 2.24) is 0 Å². The number of halogens is 1. The number of ketones is 1. The number of carbonyl (C=O) groups is 1. The van der Waals surface area contributed by atoms with E-state index in [0.717, 1.165) is 5.56 Å². The fourth-order valence-electron chi connectivity index (χ4n) is 3.94. The number of allylic oxidation sites excluding steroid dienone is 1. The van der Waals surface area contributed by atoms with Gasteiger partial charge >= 0.3 is 0 Å². The second-order valence-corrected chi connectivity index (χ2v) is 6.81. The standard InChI is InChI=1S/C24H19FO2/c1-16-23(26)21(17-10-4-2-5-11-17)22(18-12-6-3-7-13-18)24(16,27)19-14-8-9-15-20(19)25/h2-16,27H,1H3. The van der Waals surface area contributed by atoms with Gasteiger partial charge in [-0.05, 0) is 17.2 Å². The normalized spacial score (nSPS) is 22.3. The van der Waals surface area contributed by atoms with Gasteiger partial charge in [0.25, 0.3) is 0 Å². The molecule has 0 heterocycles. The quantitative estimate of drug-likeness (QED) is 0.727. The number of benzene rings is 3. The minimum atomic E-state index is -1.74. The van der Waals surface area contributed by atoms with Crippen molar-refractivity contribution in [3.63, 3.8) is 0 Å². The van der Waals surface area contributed by atoms with E-state index in [1.54, 1.807) is 25.1 Å². The summed E-state index contributed by atoms with van der Waals surface area (Å²) in [5, 5.41) is 11.8. The van der Waals surface area contributed by atoms with E-state index >= 15 is 0 Å². The molecular weight excluding hydrogens is 339 g/mol. The molecule has 2 nitrogen and oxygen atoms in total.